The third kappa shape index (κ3) is 3.67. The van der Waals surface area contributed by atoms with Crippen molar-refractivity contribution in [1.82, 2.24) is 15.1 Å². The number of para-hydroxylation sites is 1. The Bertz CT molecular complexity index is 500. The van der Waals surface area contributed by atoms with E-state index in [1.807, 2.05) is 29.1 Å². The molecule has 0 radical (unpaired) electrons. The van der Waals surface area contributed by atoms with E-state index in [1.165, 1.54) is 31.2 Å². The summed E-state index contributed by atoms with van der Waals surface area (Å²) in [6, 6.07) is 11.1. The monoisotopic (exact) mass is 255 g/mol. The Kier molecular flexibility index (Phi) is 3.94. The molecule has 1 saturated carbocycles. The Hall–Kier alpha value is -1.61. The average Bonchev–Trinajstić information content (AvgIpc) is 3.16. The highest BCUT2D eigenvalue weighted by atomic mass is 15.3. The van der Waals surface area contributed by atoms with Gasteiger partial charge in [0.1, 0.15) is 0 Å². The minimum absolute atomic E-state index is 0.834. The molecule has 1 aliphatic carbocycles. The maximum atomic E-state index is 4.42. The van der Waals surface area contributed by atoms with E-state index < -0.39 is 0 Å². The molecule has 3 heteroatoms. The van der Waals surface area contributed by atoms with Gasteiger partial charge in [0.2, 0.25) is 0 Å². The zero-order valence-electron chi connectivity index (χ0n) is 11.3. The van der Waals surface area contributed by atoms with Crippen LogP contribution in [0.25, 0.3) is 5.69 Å². The summed E-state index contributed by atoms with van der Waals surface area (Å²) in [5.41, 5.74) is 2.46. The largest absolute Gasteiger partial charge is 0.314 e. The van der Waals surface area contributed by atoms with Crippen LogP contribution in [0.5, 0.6) is 0 Å². The summed E-state index contributed by atoms with van der Waals surface area (Å²) in [6.45, 7) is 1.16. The topological polar surface area (TPSA) is 29.9 Å². The zero-order chi connectivity index (χ0) is 12.9. The molecule has 0 unspecified atom stereocenters. The number of unbranched alkanes of at least 4 members (excludes halogenated alkanes) is 1. The van der Waals surface area contributed by atoms with Crippen molar-refractivity contribution in [2.45, 2.75) is 38.1 Å². The first-order chi connectivity index (χ1) is 9.42. The van der Waals surface area contributed by atoms with Crippen LogP contribution >= 0.6 is 0 Å². The second-order valence-electron chi connectivity index (χ2n) is 5.31. The van der Waals surface area contributed by atoms with Gasteiger partial charge in [-0.15, -0.1) is 0 Å². The summed E-state index contributed by atoms with van der Waals surface area (Å²) in [6.07, 6.45) is 10.5. The lowest BCUT2D eigenvalue weighted by Crippen LogP contribution is -2.17. The van der Waals surface area contributed by atoms with Gasteiger partial charge in [-0.25, -0.2) is 4.68 Å². The van der Waals surface area contributed by atoms with Gasteiger partial charge >= 0.3 is 0 Å². The van der Waals surface area contributed by atoms with E-state index in [9.17, 15) is 0 Å². The Morgan fingerprint density at radius 1 is 1.16 bits per heavy atom. The average molecular weight is 255 g/mol. The zero-order valence-corrected chi connectivity index (χ0v) is 11.3. The van der Waals surface area contributed by atoms with E-state index in [4.69, 9.17) is 0 Å². The number of aromatic nitrogens is 2. The summed E-state index contributed by atoms with van der Waals surface area (Å²) >= 11 is 0. The Balaban J connectivity index is 1.45. The number of nitrogens with one attached hydrogen (secondary N) is 1. The van der Waals surface area contributed by atoms with Gasteiger partial charge in [-0.3, -0.25) is 0 Å². The van der Waals surface area contributed by atoms with Gasteiger partial charge in [0.25, 0.3) is 0 Å². The number of nitrogens with zero attached hydrogens (tertiary/aromatic N) is 2. The molecule has 0 atom stereocenters. The number of benzene rings is 1. The fourth-order valence-corrected chi connectivity index (χ4v) is 2.26. The fourth-order valence-electron chi connectivity index (χ4n) is 2.26. The molecule has 0 aliphatic heterocycles. The Morgan fingerprint density at radius 3 is 2.79 bits per heavy atom. The molecule has 1 N–H and O–H groups in total. The van der Waals surface area contributed by atoms with Crippen LogP contribution in [-0.2, 0) is 6.42 Å². The molecule has 0 saturated heterocycles. The standard InChI is InChI=1S/C16H21N3/c1-2-7-16(8-3-1)19-13-14(12-18-19)6-4-5-11-17-15-9-10-15/h1-3,7-8,12-13,15,17H,4-6,9-11H2. The van der Waals surface area contributed by atoms with E-state index in [0.29, 0.717) is 0 Å². The molecule has 1 fully saturated rings. The quantitative estimate of drug-likeness (QED) is 0.771. The maximum Gasteiger partial charge on any atom is 0.0645 e. The second kappa shape index (κ2) is 6.02. The molecule has 2 aromatic rings. The highest BCUT2D eigenvalue weighted by molar-refractivity contribution is 5.30. The van der Waals surface area contributed by atoms with Crippen LogP contribution < -0.4 is 5.32 Å². The van der Waals surface area contributed by atoms with Gasteiger partial charge in [0.05, 0.1) is 11.9 Å². The molecule has 19 heavy (non-hydrogen) atoms. The second-order valence-corrected chi connectivity index (χ2v) is 5.31. The predicted octanol–water partition coefficient (Wildman–Crippen LogP) is 2.95. The van der Waals surface area contributed by atoms with E-state index in [1.54, 1.807) is 0 Å². The number of rotatable bonds is 7. The molecule has 0 bridgehead atoms. The summed E-state index contributed by atoms with van der Waals surface area (Å²) in [4.78, 5) is 0. The Morgan fingerprint density at radius 2 is 2.00 bits per heavy atom. The minimum Gasteiger partial charge on any atom is -0.314 e. The van der Waals surface area contributed by atoms with E-state index in [2.05, 4.69) is 28.7 Å². The first kappa shape index (κ1) is 12.4. The number of hydrogen-bond donors (Lipinski definition) is 1. The van der Waals surface area contributed by atoms with Crippen molar-refractivity contribution in [2.24, 2.45) is 0 Å². The molecule has 0 amide bonds. The van der Waals surface area contributed by atoms with Crippen molar-refractivity contribution in [1.29, 1.82) is 0 Å². The van der Waals surface area contributed by atoms with Crippen LogP contribution in [0.15, 0.2) is 42.7 Å². The summed E-state index contributed by atoms with van der Waals surface area (Å²) in [7, 11) is 0. The molecule has 100 valence electrons. The van der Waals surface area contributed by atoms with Crippen LogP contribution in [-0.4, -0.2) is 22.4 Å². The van der Waals surface area contributed by atoms with Crippen molar-refractivity contribution in [3.63, 3.8) is 0 Å². The van der Waals surface area contributed by atoms with Crippen LogP contribution in [0, 0.1) is 0 Å². The minimum atomic E-state index is 0.834. The van der Waals surface area contributed by atoms with Crippen molar-refractivity contribution in [2.75, 3.05) is 6.54 Å². The SMILES string of the molecule is c1ccc(-n2cc(CCCCNC3CC3)cn2)cc1. The van der Waals surface area contributed by atoms with Gasteiger partial charge in [0, 0.05) is 12.2 Å². The normalized spacial score (nSPS) is 14.7. The maximum absolute atomic E-state index is 4.42. The van der Waals surface area contributed by atoms with Crippen LogP contribution in [0.3, 0.4) is 0 Å². The van der Waals surface area contributed by atoms with Crippen LogP contribution in [0.2, 0.25) is 0 Å². The van der Waals surface area contributed by atoms with Gasteiger partial charge in [0.15, 0.2) is 0 Å². The van der Waals surface area contributed by atoms with Crippen molar-refractivity contribution in [3.05, 3.63) is 48.3 Å². The highest BCUT2D eigenvalue weighted by Crippen LogP contribution is 2.18. The van der Waals surface area contributed by atoms with E-state index in [-0.39, 0.29) is 0 Å². The first-order valence-electron chi connectivity index (χ1n) is 7.24. The predicted molar refractivity (Wildman–Crippen MR) is 77.5 cm³/mol. The van der Waals surface area contributed by atoms with E-state index in [0.717, 1.165) is 24.7 Å². The molecule has 0 spiro atoms. The molecule has 1 aromatic heterocycles. The third-order valence-electron chi connectivity index (χ3n) is 3.56. The molecule has 3 nitrogen and oxygen atoms in total. The van der Waals surface area contributed by atoms with Gasteiger partial charge < -0.3 is 5.32 Å². The molecule has 3 rings (SSSR count). The highest BCUT2D eigenvalue weighted by Gasteiger charge is 2.19. The van der Waals surface area contributed by atoms with Gasteiger partial charge in [-0.2, -0.15) is 5.10 Å². The van der Waals surface area contributed by atoms with Crippen molar-refractivity contribution < 1.29 is 0 Å². The number of hydrogen-bond acceptors (Lipinski definition) is 2. The van der Waals surface area contributed by atoms with Gasteiger partial charge in [-0.1, -0.05) is 18.2 Å². The fraction of sp³-hybridized carbons (Fsp3) is 0.438. The number of aryl methyl sites for hydroxylation is 1. The third-order valence-corrected chi connectivity index (χ3v) is 3.56. The summed E-state index contributed by atoms with van der Waals surface area (Å²) in [5.74, 6) is 0. The van der Waals surface area contributed by atoms with Crippen LogP contribution in [0.4, 0.5) is 0 Å². The summed E-state index contributed by atoms with van der Waals surface area (Å²) in [5, 5.41) is 7.98. The van der Waals surface area contributed by atoms with Crippen LogP contribution in [0.1, 0.15) is 31.2 Å². The Labute approximate surface area is 114 Å². The van der Waals surface area contributed by atoms with Gasteiger partial charge in [-0.05, 0) is 56.3 Å². The first-order valence-corrected chi connectivity index (χ1v) is 7.24. The molecular weight excluding hydrogens is 234 g/mol. The van der Waals surface area contributed by atoms with Crippen molar-refractivity contribution >= 4 is 0 Å². The van der Waals surface area contributed by atoms with Crippen molar-refractivity contribution in [3.8, 4) is 5.69 Å². The molecule has 1 heterocycles. The molecular formula is C16H21N3. The lowest BCUT2D eigenvalue weighted by molar-refractivity contribution is 0.620. The lowest BCUT2D eigenvalue weighted by atomic mass is 10.1. The molecule has 1 aliphatic rings. The lowest BCUT2D eigenvalue weighted by Gasteiger charge is -2.01. The van der Waals surface area contributed by atoms with E-state index >= 15 is 0 Å². The molecule has 1 aromatic carbocycles. The summed E-state index contributed by atoms with van der Waals surface area (Å²) < 4.78 is 1.96. The smallest absolute Gasteiger partial charge is 0.0645 e.